The molecule has 0 unspecified atom stereocenters. The van der Waals surface area contributed by atoms with Crippen LogP contribution in [-0.4, -0.2) is 32.9 Å². The third kappa shape index (κ3) is 4.78. The number of anilines is 1. The molecule has 6 nitrogen and oxygen atoms in total. The van der Waals surface area contributed by atoms with Crippen molar-refractivity contribution in [3.8, 4) is 17.0 Å². The number of nitrogens with zero attached hydrogens (tertiary/aromatic N) is 3. The Morgan fingerprint density at radius 3 is 2.50 bits per heavy atom. The molecule has 0 atom stereocenters. The van der Waals surface area contributed by atoms with Crippen LogP contribution in [0.4, 0.5) is 5.69 Å². The van der Waals surface area contributed by atoms with E-state index < -0.39 is 0 Å². The summed E-state index contributed by atoms with van der Waals surface area (Å²) in [5.74, 6) is 1.05. The Morgan fingerprint density at radius 1 is 1.09 bits per heavy atom. The first kappa shape index (κ1) is 21.9. The number of hydrogen-bond acceptors (Lipinski definition) is 5. The molecular formula is C25H26N4O2S. The normalized spacial score (nSPS) is 11.0. The number of carbonyl (C=O) groups is 1. The molecule has 0 saturated carbocycles. The Bertz CT molecular complexity index is 1240. The topological polar surface area (TPSA) is 68.5 Å². The van der Waals surface area contributed by atoms with E-state index in [1.165, 1.54) is 17.3 Å². The van der Waals surface area contributed by atoms with Gasteiger partial charge in [0.05, 0.1) is 23.6 Å². The van der Waals surface area contributed by atoms with Crippen molar-refractivity contribution in [1.29, 1.82) is 0 Å². The van der Waals surface area contributed by atoms with E-state index >= 15 is 0 Å². The molecular weight excluding hydrogens is 420 g/mol. The van der Waals surface area contributed by atoms with Gasteiger partial charge in [-0.3, -0.25) is 4.79 Å². The number of benzene rings is 2. The van der Waals surface area contributed by atoms with E-state index in [2.05, 4.69) is 34.5 Å². The molecule has 0 radical (unpaired) electrons. The summed E-state index contributed by atoms with van der Waals surface area (Å²) in [5, 5.41) is 8.48. The summed E-state index contributed by atoms with van der Waals surface area (Å²) in [7, 11) is 0. The van der Waals surface area contributed by atoms with Crippen LogP contribution in [0.1, 0.15) is 23.6 Å². The van der Waals surface area contributed by atoms with Gasteiger partial charge in [0.25, 0.3) is 0 Å². The average Bonchev–Trinajstić information content (AvgIpc) is 3.20. The van der Waals surface area contributed by atoms with Crippen LogP contribution in [0.25, 0.3) is 16.8 Å². The van der Waals surface area contributed by atoms with Crippen molar-refractivity contribution in [2.45, 2.75) is 32.7 Å². The van der Waals surface area contributed by atoms with Crippen LogP contribution in [0.5, 0.6) is 5.75 Å². The van der Waals surface area contributed by atoms with Crippen molar-refractivity contribution in [1.82, 2.24) is 14.6 Å². The molecule has 2 aromatic carbocycles. The number of carbonyl (C=O) groups excluding carboxylic acids is 1. The number of nitrogens with one attached hydrogen (secondary N) is 1. The van der Waals surface area contributed by atoms with Gasteiger partial charge in [-0.05, 0) is 69.2 Å². The predicted octanol–water partition coefficient (Wildman–Crippen LogP) is 5.45. The Balaban J connectivity index is 1.49. The third-order valence-electron chi connectivity index (χ3n) is 5.10. The Labute approximate surface area is 192 Å². The van der Waals surface area contributed by atoms with Gasteiger partial charge in [-0.2, -0.15) is 5.10 Å². The Morgan fingerprint density at radius 2 is 1.81 bits per heavy atom. The number of rotatable bonds is 7. The standard InChI is InChI=1S/C25H26N4O2S/c1-5-31-20-8-6-19(7-9-20)21-14-22-25(26-10-11-29(22)28-21)32-15-23(30)27-24-17(3)12-16(2)13-18(24)4/h6-14H,5,15H2,1-4H3,(H,27,30). The van der Waals surface area contributed by atoms with Crippen molar-refractivity contribution < 1.29 is 9.53 Å². The number of aryl methyl sites for hydroxylation is 3. The highest BCUT2D eigenvalue weighted by atomic mass is 32.2. The molecule has 7 heteroatoms. The van der Waals surface area contributed by atoms with E-state index in [1.807, 2.05) is 57.3 Å². The molecule has 0 fully saturated rings. The molecule has 4 rings (SSSR count). The number of amides is 1. The fourth-order valence-corrected chi connectivity index (χ4v) is 4.50. The summed E-state index contributed by atoms with van der Waals surface area (Å²) in [6, 6.07) is 14.0. The summed E-state index contributed by atoms with van der Waals surface area (Å²) in [4.78, 5) is 17.1. The predicted molar refractivity (Wildman–Crippen MR) is 130 cm³/mol. The van der Waals surface area contributed by atoms with E-state index in [1.54, 1.807) is 10.7 Å². The van der Waals surface area contributed by atoms with Crippen molar-refractivity contribution in [3.63, 3.8) is 0 Å². The highest BCUT2D eigenvalue weighted by Crippen LogP contribution is 2.28. The lowest BCUT2D eigenvalue weighted by atomic mass is 10.1. The molecule has 0 spiro atoms. The first-order valence-electron chi connectivity index (χ1n) is 10.5. The molecule has 0 aliphatic carbocycles. The SMILES string of the molecule is CCOc1ccc(-c2cc3c(SCC(=O)Nc4c(C)cc(C)cc4C)nccn3n2)cc1. The van der Waals surface area contributed by atoms with Crippen molar-refractivity contribution >= 4 is 28.9 Å². The fourth-order valence-electron chi connectivity index (χ4n) is 3.73. The lowest BCUT2D eigenvalue weighted by molar-refractivity contribution is -0.113. The lowest BCUT2D eigenvalue weighted by Crippen LogP contribution is -2.16. The fraction of sp³-hybridized carbons (Fsp3) is 0.240. The Hall–Kier alpha value is -3.32. The van der Waals surface area contributed by atoms with E-state index in [-0.39, 0.29) is 11.7 Å². The van der Waals surface area contributed by atoms with Crippen LogP contribution in [-0.2, 0) is 4.79 Å². The van der Waals surface area contributed by atoms with E-state index in [4.69, 9.17) is 4.74 Å². The number of fused-ring (bicyclic) bond motifs is 1. The molecule has 164 valence electrons. The quantitative estimate of drug-likeness (QED) is 0.382. The van der Waals surface area contributed by atoms with E-state index in [0.717, 1.165) is 44.4 Å². The minimum atomic E-state index is -0.0555. The number of thioether (sulfide) groups is 1. The maximum Gasteiger partial charge on any atom is 0.234 e. The highest BCUT2D eigenvalue weighted by Gasteiger charge is 2.13. The van der Waals surface area contributed by atoms with Crippen molar-refractivity contribution in [2.75, 3.05) is 17.7 Å². The van der Waals surface area contributed by atoms with Gasteiger partial charge >= 0.3 is 0 Å². The number of hydrogen-bond donors (Lipinski definition) is 1. The molecule has 1 N–H and O–H groups in total. The van der Waals surface area contributed by atoms with Crippen LogP contribution in [0, 0.1) is 20.8 Å². The summed E-state index contributed by atoms with van der Waals surface area (Å²) in [5.41, 5.74) is 6.92. The number of aromatic nitrogens is 3. The summed E-state index contributed by atoms with van der Waals surface area (Å²) in [6.07, 6.45) is 3.52. The van der Waals surface area contributed by atoms with E-state index in [9.17, 15) is 4.79 Å². The minimum absolute atomic E-state index is 0.0555. The lowest BCUT2D eigenvalue weighted by Gasteiger charge is -2.12. The average molecular weight is 447 g/mol. The van der Waals surface area contributed by atoms with Gasteiger partial charge in [-0.25, -0.2) is 9.50 Å². The summed E-state index contributed by atoms with van der Waals surface area (Å²) in [6.45, 7) is 8.68. The number of ether oxygens (including phenoxy) is 1. The second-order valence-corrected chi connectivity index (χ2v) is 8.62. The molecule has 0 bridgehead atoms. The van der Waals surface area contributed by atoms with Crippen LogP contribution in [0.2, 0.25) is 0 Å². The molecule has 4 aromatic rings. The second kappa shape index (κ2) is 9.44. The van der Waals surface area contributed by atoms with Gasteiger partial charge in [0.1, 0.15) is 10.8 Å². The van der Waals surface area contributed by atoms with Gasteiger partial charge < -0.3 is 10.1 Å². The van der Waals surface area contributed by atoms with Gasteiger partial charge in [0.15, 0.2) is 0 Å². The van der Waals surface area contributed by atoms with Crippen LogP contribution in [0.15, 0.2) is 59.9 Å². The van der Waals surface area contributed by atoms with Gasteiger partial charge in [0.2, 0.25) is 5.91 Å². The zero-order valence-electron chi connectivity index (χ0n) is 18.7. The summed E-state index contributed by atoms with van der Waals surface area (Å²) < 4.78 is 7.31. The smallest absolute Gasteiger partial charge is 0.234 e. The van der Waals surface area contributed by atoms with Crippen molar-refractivity contribution in [3.05, 3.63) is 71.5 Å². The zero-order valence-corrected chi connectivity index (χ0v) is 19.5. The maximum atomic E-state index is 12.6. The van der Waals surface area contributed by atoms with Gasteiger partial charge in [-0.15, -0.1) is 0 Å². The minimum Gasteiger partial charge on any atom is -0.494 e. The third-order valence-corrected chi connectivity index (χ3v) is 6.09. The van der Waals surface area contributed by atoms with Crippen molar-refractivity contribution in [2.24, 2.45) is 0 Å². The largest absolute Gasteiger partial charge is 0.494 e. The molecule has 32 heavy (non-hydrogen) atoms. The van der Waals surface area contributed by atoms with Crippen LogP contribution in [0.3, 0.4) is 0 Å². The highest BCUT2D eigenvalue weighted by molar-refractivity contribution is 8.00. The summed E-state index contributed by atoms with van der Waals surface area (Å²) >= 11 is 1.41. The monoisotopic (exact) mass is 446 g/mol. The first-order chi connectivity index (χ1) is 15.4. The zero-order chi connectivity index (χ0) is 22.7. The molecule has 2 aromatic heterocycles. The Kier molecular flexibility index (Phi) is 6.46. The molecule has 1 amide bonds. The maximum absolute atomic E-state index is 12.6. The van der Waals surface area contributed by atoms with Crippen LogP contribution < -0.4 is 10.1 Å². The molecule has 0 saturated heterocycles. The first-order valence-corrected chi connectivity index (χ1v) is 11.5. The van der Waals surface area contributed by atoms with Crippen LogP contribution >= 0.6 is 11.8 Å². The van der Waals surface area contributed by atoms with Gasteiger partial charge in [-0.1, -0.05) is 29.5 Å². The molecule has 2 heterocycles. The molecule has 0 aliphatic heterocycles. The van der Waals surface area contributed by atoms with E-state index in [0.29, 0.717) is 6.61 Å². The molecule has 0 aliphatic rings. The van der Waals surface area contributed by atoms with Gasteiger partial charge in [0, 0.05) is 23.6 Å². The second-order valence-electron chi connectivity index (χ2n) is 7.66.